The number of likely N-dealkylation sites (N-methyl/N-ethyl adjacent to an activating group) is 1. The van der Waals surface area contributed by atoms with Gasteiger partial charge in [-0.25, -0.2) is 4.98 Å². The second kappa shape index (κ2) is 12.6. The van der Waals surface area contributed by atoms with Crippen LogP contribution in [0.5, 0.6) is 0 Å². The van der Waals surface area contributed by atoms with Gasteiger partial charge in [0.2, 0.25) is 11.8 Å². The van der Waals surface area contributed by atoms with E-state index in [0.29, 0.717) is 17.9 Å². The quantitative estimate of drug-likeness (QED) is 0.326. The fourth-order valence-electron chi connectivity index (χ4n) is 4.02. The number of aromatic nitrogens is 3. The molecule has 2 N–H and O–H groups in total. The van der Waals surface area contributed by atoms with Crippen molar-refractivity contribution < 1.29 is 9.59 Å². The molecule has 2 aromatic heterocycles. The molecular weight excluding hydrogens is 490 g/mol. The van der Waals surface area contributed by atoms with E-state index in [1.807, 2.05) is 48.5 Å². The molecule has 9 heteroatoms. The Kier molecular flexibility index (Phi) is 8.82. The molecule has 4 rings (SSSR count). The number of rotatable bonds is 10. The van der Waals surface area contributed by atoms with Gasteiger partial charge in [-0.2, -0.15) is 10.4 Å². The lowest BCUT2D eigenvalue weighted by atomic mass is 9.98. The van der Waals surface area contributed by atoms with Crippen molar-refractivity contribution in [2.45, 2.75) is 25.4 Å². The Morgan fingerprint density at radius 3 is 2.36 bits per heavy atom. The third-order valence-corrected chi connectivity index (χ3v) is 6.41. The van der Waals surface area contributed by atoms with Gasteiger partial charge in [0.15, 0.2) is 0 Å². The summed E-state index contributed by atoms with van der Waals surface area (Å²) in [7, 11) is 3.41. The summed E-state index contributed by atoms with van der Waals surface area (Å²) in [6.45, 7) is 2.80. The van der Waals surface area contributed by atoms with Crippen LogP contribution < -0.4 is 10.6 Å². The number of nitriles is 1. The van der Waals surface area contributed by atoms with E-state index in [0.717, 1.165) is 22.3 Å². The van der Waals surface area contributed by atoms with Crippen LogP contribution in [-0.4, -0.2) is 52.1 Å². The first-order valence-corrected chi connectivity index (χ1v) is 12.6. The number of benzene rings is 2. The summed E-state index contributed by atoms with van der Waals surface area (Å²) >= 11 is 0. The zero-order valence-corrected chi connectivity index (χ0v) is 22.2. The molecule has 0 radical (unpaired) electrons. The van der Waals surface area contributed by atoms with E-state index in [1.54, 1.807) is 55.6 Å². The van der Waals surface area contributed by atoms with Crippen molar-refractivity contribution in [3.8, 4) is 17.2 Å². The van der Waals surface area contributed by atoms with Crippen LogP contribution in [0.2, 0.25) is 0 Å². The first kappa shape index (κ1) is 27.2. The number of carbonyl (C=O) groups is 2. The SMILES string of the molecule is CC(CNC(C(=O)Nc1ccc(-c2cnn(CC(=O)N(C)C)c2)cn1)c1ccccc1)c1ccc(C#N)cc1. The summed E-state index contributed by atoms with van der Waals surface area (Å²) in [4.78, 5) is 31.3. The van der Waals surface area contributed by atoms with Crippen molar-refractivity contribution in [3.63, 3.8) is 0 Å². The van der Waals surface area contributed by atoms with Crippen LogP contribution in [0.4, 0.5) is 5.82 Å². The minimum atomic E-state index is -0.582. The Labute approximate surface area is 228 Å². The van der Waals surface area contributed by atoms with Crippen LogP contribution in [0.3, 0.4) is 0 Å². The number of amides is 2. The van der Waals surface area contributed by atoms with Crippen LogP contribution in [-0.2, 0) is 16.1 Å². The molecule has 9 nitrogen and oxygen atoms in total. The van der Waals surface area contributed by atoms with E-state index in [9.17, 15) is 9.59 Å². The number of nitrogens with one attached hydrogen (secondary N) is 2. The predicted molar refractivity (Wildman–Crippen MR) is 150 cm³/mol. The van der Waals surface area contributed by atoms with Gasteiger partial charge in [0.05, 0.1) is 17.8 Å². The molecule has 0 saturated carbocycles. The fourth-order valence-corrected chi connectivity index (χ4v) is 4.02. The Morgan fingerprint density at radius 2 is 1.72 bits per heavy atom. The monoisotopic (exact) mass is 521 g/mol. The Balaban J connectivity index is 1.42. The normalized spacial score (nSPS) is 12.3. The molecule has 2 heterocycles. The van der Waals surface area contributed by atoms with Gasteiger partial charge in [0, 0.05) is 44.2 Å². The molecule has 39 heavy (non-hydrogen) atoms. The number of carbonyl (C=O) groups excluding carboxylic acids is 2. The third-order valence-electron chi connectivity index (χ3n) is 6.41. The minimum absolute atomic E-state index is 0.0475. The Bertz CT molecular complexity index is 1440. The van der Waals surface area contributed by atoms with Crippen molar-refractivity contribution in [1.82, 2.24) is 25.0 Å². The lowest BCUT2D eigenvalue weighted by molar-refractivity contribution is -0.129. The maximum absolute atomic E-state index is 13.4. The molecule has 2 unspecified atom stereocenters. The lowest BCUT2D eigenvalue weighted by Crippen LogP contribution is -2.35. The topological polar surface area (TPSA) is 116 Å². The van der Waals surface area contributed by atoms with Crippen LogP contribution in [0.25, 0.3) is 11.1 Å². The zero-order chi connectivity index (χ0) is 27.8. The number of anilines is 1. The molecule has 2 amide bonds. The van der Waals surface area contributed by atoms with Gasteiger partial charge in [-0.3, -0.25) is 14.3 Å². The van der Waals surface area contributed by atoms with Crippen molar-refractivity contribution in [1.29, 1.82) is 5.26 Å². The standard InChI is InChI=1S/C30H31N7O2/c1-21(23-11-9-22(15-31)10-12-23)16-33-29(24-7-5-4-6-8-24)30(39)35-27-14-13-25(17-32-27)26-18-34-37(19-26)20-28(38)36(2)3/h4-14,17-19,21,29,33H,16,20H2,1-3H3,(H,32,35,39). The van der Waals surface area contributed by atoms with Crippen LogP contribution >= 0.6 is 0 Å². The maximum Gasteiger partial charge on any atom is 0.247 e. The van der Waals surface area contributed by atoms with Crippen LogP contribution in [0, 0.1) is 11.3 Å². The van der Waals surface area contributed by atoms with E-state index in [2.05, 4.69) is 33.7 Å². The molecule has 0 fully saturated rings. The molecule has 198 valence electrons. The van der Waals surface area contributed by atoms with Crippen molar-refractivity contribution in [2.24, 2.45) is 0 Å². The van der Waals surface area contributed by atoms with Crippen molar-refractivity contribution >= 4 is 17.6 Å². The highest BCUT2D eigenvalue weighted by Crippen LogP contribution is 2.22. The van der Waals surface area contributed by atoms with E-state index < -0.39 is 6.04 Å². The first-order chi connectivity index (χ1) is 18.8. The fraction of sp³-hybridized carbons (Fsp3) is 0.233. The minimum Gasteiger partial charge on any atom is -0.347 e. The molecule has 0 aliphatic heterocycles. The Morgan fingerprint density at radius 1 is 0.974 bits per heavy atom. The summed E-state index contributed by atoms with van der Waals surface area (Å²) in [5.41, 5.74) is 4.20. The number of pyridine rings is 1. The van der Waals surface area contributed by atoms with Gasteiger partial charge in [0.25, 0.3) is 0 Å². The van der Waals surface area contributed by atoms with Gasteiger partial charge >= 0.3 is 0 Å². The highest BCUT2D eigenvalue weighted by molar-refractivity contribution is 5.95. The van der Waals surface area contributed by atoms with E-state index in [1.165, 1.54) is 4.90 Å². The van der Waals surface area contributed by atoms with Crippen molar-refractivity contribution in [2.75, 3.05) is 26.0 Å². The first-order valence-electron chi connectivity index (χ1n) is 12.6. The maximum atomic E-state index is 13.4. The highest BCUT2D eigenvalue weighted by Gasteiger charge is 2.22. The molecular formula is C30H31N7O2. The summed E-state index contributed by atoms with van der Waals surface area (Å²) in [5, 5.41) is 19.6. The molecule has 0 spiro atoms. The van der Waals surface area contributed by atoms with Gasteiger partial charge < -0.3 is 15.5 Å². The largest absolute Gasteiger partial charge is 0.347 e. The van der Waals surface area contributed by atoms with Gasteiger partial charge in [-0.05, 0) is 41.3 Å². The smallest absolute Gasteiger partial charge is 0.247 e. The molecule has 0 saturated heterocycles. The second-order valence-electron chi connectivity index (χ2n) is 9.52. The molecule has 2 atom stereocenters. The van der Waals surface area contributed by atoms with Gasteiger partial charge in [0.1, 0.15) is 18.4 Å². The summed E-state index contributed by atoms with van der Waals surface area (Å²) < 4.78 is 1.59. The molecule has 0 bridgehead atoms. The summed E-state index contributed by atoms with van der Waals surface area (Å²) in [5.74, 6) is 0.294. The summed E-state index contributed by atoms with van der Waals surface area (Å²) in [6, 6.07) is 22.2. The zero-order valence-electron chi connectivity index (χ0n) is 22.2. The van der Waals surface area contributed by atoms with E-state index >= 15 is 0 Å². The number of hydrogen-bond donors (Lipinski definition) is 2. The van der Waals surface area contributed by atoms with E-state index in [-0.39, 0.29) is 24.3 Å². The number of nitrogens with zero attached hydrogens (tertiary/aromatic N) is 5. The highest BCUT2D eigenvalue weighted by atomic mass is 16.2. The van der Waals surface area contributed by atoms with Gasteiger partial charge in [-0.1, -0.05) is 49.4 Å². The number of hydrogen-bond acceptors (Lipinski definition) is 6. The van der Waals surface area contributed by atoms with Crippen molar-refractivity contribution in [3.05, 3.63) is 102 Å². The molecule has 0 aliphatic carbocycles. The van der Waals surface area contributed by atoms with E-state index in [4.69, 9.17) is 5.26 Å². The predicted octanol–water partition coefficient (Wildman–Crippen LogP) is 3.98. The lowest BCUT2D eigenvalue weighted by Gasteiger charge is -2.21. The Hall–Kier alpha value is -4.81. The second-order valence-corrected chi connectivity index (χ2v) is 9.52. The summed E-state index contributed by atoms with van der Waals surface area (Å²) in [6.07, 6.45) is 5.15. The molecule has 2 aromatic carbocycles. The average molecular weight is 522 g/mol. The molecule has 4 aromatic rings. The third kappa shape index (κ3) is 7.15. The van der Waals surface area contributed by atoms with Gasteiger partial charge in [-0.15, -0.1) is 0 Å². The van der Waals surface area contributed by atoms with Crippen LogP contribution in [0.15, 0.2) is 85.3 Å². The van der Waals surface area contributed by atoms with Crippen LogP contribution in [0.1, 0.15) is 35.6 Å². The average Bonchev–Trinajstić information content (AvgIpc) is 3.42. The molecule has 0 aliphatic rings.